The Morgan fingerprint density at radius 2 is 1.64 bits per heavy atom. The zero-order valence-corrected chi connectivity index (χ0v) is 19.5. The highest BCUT2D eigenvalue weighted by Gasteiger charge is 2.31. The topological polar surface area (TPSA) is 63.5 Å². The van der Waals surface area contributed by atoms with E-state index in [0.717, 1.165) is 29.1 Å². The van der Waals surface area contributed by atoms with E-state index in [4.69, 9.17) is 9.47 Å². The molecule has 8 heteroatoms. The molecule has 0 atom stereocenters. The summed E-state index contributed by atoms with van der Waals surface area (Å²) in [7, 11) is 0. The molecular weight excluding hydrogens is 461 g/mol. The summed E-state index contributed by atoms with van der Waals surface area (Å²) in [4.78, 5) is 30.7. The first kappa shape index (κ1) is 22.3. The normalized spacial score (nSPS) is 15.4. The molecule has 1 amide bonds. The highest BCUT2D eigenvalue weighted by molar-refractivity contribution is 6.43. The fraction of sp³-hybridized carbons (Fsp3) is 0.214. The molecule has 2 aliphatic heterocycles. The van der Waals surface area contributed by atoms with Gasteiger partial charge in [0.05, 0.1) is 0 Å². The zero-order valence-electron chi connectivity index (χ0n) is 19.5. The monoisotopic (exact) mass is 485 g/mol. The van der Waals surface area contributed by atoms with E-state index < -0.39 is 11.7 Å². The Labute approximate surface area is 207 Å². The molecule has 7 nitrogen and oxygen atoms in total. The van der Waals surface area contributed by atoms with Crippen molar-refractivity contribution in [2.75, 3.05) is 33.0 Å². The molecule has 0 bridgehead atoms. The number of hydrogen-bond donors (Lipinski definition) is 0. The predicted octanol–water partition coefficient (Wildman–Crippen LogP) is 4.00. The van der Waals surface area contributed by atoms with Crippen molar-refractivity contribution in [3.8, 4) is 22.6 Å². The van der Waals surface area contributed by atoms with E-state index in [2.05, 4.69) is 4.90 Å². The average Bonchev–Trinajstić information content (AvgIpc) is 3.53. The lowest BCUT2D eigenvalue weighted by Gasteiger charge is -2.34. The van der Waals surface area contributed by atoms with Crippen LogP contribution in [-0.2, 0) is 11.3 Å². The maximum atomic E-state index is 13.5. The fourth-order valence-electron chi connectivity index (χ4n) is 4.86. The zero-order chi connectivity index (χ0) is 24.6. The lowest BCUT2D eigenvalue weighted by molar-refractivity contribution is -0.128. The number of amides is 1. The summed E-state index contributed by atoms with van der Waals surface area (Å²) in [5.41, 5.74) is 3.50. The number of Topliss-reactive ketones (excluding diaryl/α,β-unsaturated/α-hetero) is 1. The predicted molar refractivity (Wildman–Crippen MR) is 132 cm³/mol. The van der Waals surface area contributed by atoms with Crippen molar-refractivity contribution in [2.24, 2.45) is 0 Å². The van der Waals surface area contributed by atoms with Crippen LogP contribution in [0.3, 0.4) is 0 Å². The molecule has 182 valence electrons. The van der Waals surface area contributed by atoms with Gasteiger partial charge >= 0.3 is 0 Å². The van der Waals surface area contributed by atoms with Crippen molar-refractivity contribution in [1.29, 1.82) is 0 Å². The second kappa shape index (κ2) is 9.13. The molecule has 2 aliphatic rings. The third kappa shape index (κ3) is 4.09. The lowest BCUT2D eigenvalue weighted by Crippen LogP contribution is -2.50. The molecule has 36 heavy (non-hydrogen) atoms. The van der Waals surface area contributed by atoms with Gasteiger partial charge in [-0.1, -0.05) is 24.3 Å². The molecule has 2 aromatic heterocycles. The molecule has 2 aromatic carbocycles. The maximum absolute atomic E-state index is 13.5. The van der Waals surface area contributed by atoms with Crippen LogP contribution >= 0.6 is 0 Å². The fourth-order valence-corrected chi connectivity index (χ4v) is 4.86. The Kier molecular flexibility index (Phi) is 5.65. The number of nitrogens with zero attached hydrogens (tertiary/aromatic N) is 3. The van der Waals surface area contributed by atoms with Gasteiger partial charge in [0.15, 0.2) is 11.5 Å². The van der Waals surface area contributed by atoms with Crippen molar-refractivity contribution in [3.63, 3.8) is 0 Å². The number of piperazine rings is 1. The molecule has 4 aromatic rings. The van der Waals surface area contributed by atoms with E-state index in [0.29, 0.717) is 43.0 Å². The van der Waals surface area contributed by atoms with Crippen molar-refractivity contribution < 1.29 is 23.5 Å². The molecule has 0 spiro atoms. The number of rotatable bonds is 5. The van der Waals surface area contributed by atoms with Crippen LogP contribution in [0.15, 0.2) is 72.9 Å². The minimum Gasteiger partial charge on any atom is -0.454 e. The van der Waals surface area contributed by atoms with Crippen LogP contribution in [-0.4, -0.2) is 58.9 Å². The van der Waals surface area contributed by atoms with E-state index in [1.165, 1.54) is 12.1 Å². The van der Waals surface area contributed by atoms with Crippen LogP contribution in [0.25, 0.3) is 16.6 Å². The first-order valence-corrected chi connectivity index (χ1v) is 11.9. The quantitative estimate of drug-likeness (QED) is 0.316. The van der Waals surface area contributed by atoms with Crippen LogP contribution in [0.2, 0.25) is 0 Å². The van der Waals surface area contributed by atoms with Gasteiger partial charge in [0.2, 0.25) is 6.79 Å². The third-order valence-corrected chi connectivity index (χ3v) is 6.75. The van der Waals surface area contributed by atoms with Crippen LogP contribution < -0.4 is 9.47 Å². The molecule has 0 saturated carbocycles. The number of hydrogen-bond acceptors (Lipinski definition) is 5. The van der Waals surface area contributed by atoms with Crippen molar-refractivity contribution in [3.05, 3.63) is 90.0 Å². The second-order valence-corrected chi connectivity index (χ2v) is 8.99. The van der Waals surface area contributed by atoms with Crippen LogP contribution in [0.4, 0.5) is 4.39 Å². The number of ether oxygens (including phenoxy) is 2. The Morgan fingerprint density at radius 1 is 0.861 bits per heavy atom. The number of fused-ring (bicyclic) bond motifs is 2. The SMILES string of the molecule is O=C(C(=O)N1CCN(Cc2ccc3c(c2)OCO3)CC1)c1c(-c2ccc(F)cc2)cc2ccccn12. The Balaban J connectivity index is 1.19. The van der Waals surface area contributed by atoms with Gasteiger partial charge < -0.3 is 18.8 Å². The van der Waals surface area contributed by atoms with Gasteiger partial charge in [-0.15, -0.1) is 0 Å². The number of pyridine rings is 1. The molecule has 0 radical (unpaired) electrons. The van der Waals surface area contributed by atoms with E-state index in [-0.39, 0.29) is 12.6 Å². The van der Waals surface area contributed by atoms with Gasteiger partial charge in [-0.05, 0) is 53.6 Å². The van der Waals surface area contributed by atoms with E-state index in [1.807, 2.05) is 42.5 Å². The Morgan fingerprint density at radius 3 is 2.44 bits per heavy atom. The summed E-state index contributed by atoms with van der Waals surface area (Å²) >= 11 is 0. The lowest BCUT2D eigenvalue weighted by atomic mass is 10.0. The molecular formula is C28H24FN3O4. The molecule has 6 rings (SSSR count). The molecule has 1 saturated heterocycles. The van der Waals surface area contributed by atoms with Gasteiger partial charge in [0, 0.05) is 50.0 Å². The highest BCUT2D eigenvalue weighted by atomic mass is 19.1. The number of carbonyl (C=O) groups is 2. The largest absolute Gasteiger partial charge is 0.454 e. The van der Waals surface area contributed by atoms with Crippen LogP contribution in [0.1, 0.15) is 16.1 Å². The summed E-state index contributed by atoms with van der Waals surface area (Å²) in [5.74, 6) is 0.0636. The van der Waals surface area contributed by atoms with Crippen molar-refractivity contribution >= 4 is 17.2 Å². The molecule has 0 unspecified atom stereocenters. The number of halogens is 1. The second-order valence-electron chi connectivity index (χ2n) is 8.99. The molecule has 4 heterocycles. The van der Waals surface area contributed by atoms with Gasteiger partial charge in [0.1, 0.15) is 11.5 Å². The maximum Gasteiger partial charge on any atom is 0.296 e. The number of benzene rings is 2. The molecule has 1 fully saturated rings. The number of carbonyl (C=O) groups excluding carboxylic acids is 2. The summed E-state index contributed by atoms with van der Waals surface area (Å²) < 4.78 is 26.1. The Bertz CT molecular complexity index is 1460. The van der Waals surface area contributed by atoms with Gasteiger partial charge in [0.25, 0.3) is 11.7 Å². The van der Waals surface area contributed by atoms with Gasteiger partial charge in [-0.25, -0.2) is 4.39 Å². The van der Waals surface area contributed by atoms with Crippen molar-refractivity contribution in [2.45, 2.75) is 6.54 Å². The smallest absolute Gasteiger partial charge is 0.296 e. The number of aromatic nitrogens is 1. The number of ketones is 1. The Hall–Kier alpha value is -4.17. The summed E-state index contributed by atoms with van der Waals surface area (Å²) in [6.45, 7) is 3.22. The minimum absolute atomic E-state index is 0.243. The standard InChI is InChI=1S/C28H24FN3O4/c29-21-7-5-20(6-8-21)23-16-22-3-1-2-10-32(22)26(23)27(33)28(34)31-13-11-30(12-14-31)17-19-4-9-24-25(15-19)36-18-35-24/h1-10,15-16H,11-14,17-18H2. The summed E-state index contributed by atoms with van der Waals surface area (Å²) in [6.07, 6.45) is 1.77. The average molecular weight is 486 g/mol. The van der Waals surface area contributed by atoms with Crippen LogP contribution in [0.5, 0.6) is 11.5 Å². The van der Waals surface area contributed by atoms with Gasteiger partial charge in [-0.2, -0.15) is 0 Å². The van der Waals surface area contributed by atoms with Crippen LogP contribution in [0, 0.1) is 5.82 Å². The highest BCUT2D eigenvalue weighted by Crippen LogP contribution is 2.33. The summed E-state index contributed by atoms with van der Waals surface area (Å²) in [6, 6.07) is 19.3. The summed E-state index contributed by atoms with van der Waals surface area (Å²) in [5, 5.41) is 0. The van der Waals surface area contributed by atoms with Gasteiger partial charge in [-0.3, -0.25) is 14.5 Å². The molecule has 0 N–H and O–H groups in total. The first-order chi connectivity index (χ1) is 17.6. The third-order valence-electron chi connectivity index (χ3n) is 6.75. The van der Waals surface area contributed by atoms with E-state index in [1.54, 1.807) is 27.6 Å². The van der Waals surface area contributed by atoms with E-state index >= 15 is 0 Å². The molecule has 0 aliphatic carbocycles. The van der Waals surface area contributed by atoms with Crippen molar-refractivity contribution in [1.82, 2.24) is 14.2 Å². The minimum atomic E-state index is -0.565. The van der Waals surface area contributed by atoms with E-state index in [9.17, 15) is 14.0 Å². The first-order valence-electron chi connectivity index (χ1n) is 11.9.